The zero-order valence-corrected chi connectivity index (χ0v) is 15.1. The number of halogens is 3. The van der Waals surface area contributed by atoms with Gasteiger partial charge in [0, 0.05) is 34.0 Å². The first-order valence-electron chi connectivity index (χ1n) is 7.98. The summed E-state index contributed by atoms with van der Waals surface area (Å²) in [6.45, 7) is 1.75. The van der Waals surface area contributed by atoms with Gasteiger partial charge in [-0.1, -0.05) is 34.4 Å². The molecule has 0 radical (unpaired) electrons. The number of esters is 1. The Morgan fingerprint density at radius 3 is 2.88 bits per heavy atom. The van der Waals surface area contributed by atoms with Crippen LogP contribution in [0.5, 0.6) is 0 Å². The number of fused-ring (bicyclic) bond motifs is 1. The van der Waals surface area contributed by atoms with E-state index in [9.17, 15) is 9.18 Å². The van der Waals surface area contributed by atoms with Crippen molar-refractivity contribution < 1.29 is 18.4 Å². The second-order valence-corrected chi connectivity index (χ2v) is 6.55. The van der Waals surface area contributed by atoms with Gasteiger partial charge in [0.2, 0.25) is 5.83 Å². The largest absolute Gasteiger partial charge is 0.461 e. The lowest BCUT2D eigenvalue weighted by Crippen LogP contribution is -2.10. The van der Waals surface area contributed by atoms with Gasteiger partial charge in [-0.2, -0.15) is 4.39 Å². The van der Waals surface area contributed by atoms with Gasteiger partial charge >= 0.3 is 5.97 Å². The van der Waals surface area contributed by atoms with Gasteiger partial charge in [0.15, 0.2) is 0 Å². The average Bonchev–Trinajstić information content (AvgIpc) is 3.00. The Morgan fingerprint density at radius 2 is 2.16 bits per heavy atom. The molecule has 0 saturated carbocycles. The van der Waals surface area contributed by atoms with Crippen LogP contribution in [0.15, 0.2) is 28.5 Å². The third-order valence-corrected chi connectivity index (χ3v) is 4.65. The number of hydrogen-bond donors (Lipinski definition) is 0. The number of hydrogen-bond acceptors (Lipinski definition) is 4. The molecule has 0 aliphatic heterocycles. The summed E-state index contributed by atoms with van der Waals surface area (Å²) in [5, 5.41) is 5.10. The number of ether oxygens (including phenoxy) is 1. The first-order valence-corrected chi connectivity index (χ1v) is 8.74. The van der Waals surface area contributed by atoms with Gasteiger partial charge in [0.1, 0.15) is 5.76 Å². The number of nitrogens with zero attached hydrogens (tertiary/aromatic N) is 1. The van der Waals surface area contributed by atoms with Crippen LogP contribution in [0.2, 0.25) is 10.0 Å². The first kappa shape index (κ1) is 18.0. The van der Waals surface area contributed by atoms with E-state index in [1.54, 1.807) is 25.1 Å². The fraction of sp³-hybridized carbons (Fsp3) is 0.333. The topological polar surface area (TPSA) is 52.3 Å². The third-order valence-electron chi connectivity index (χ3n) is 4.06. The monoisotopic (exact) mass is 383 g/mol. The minimum atomic E-state index is -0.956. The number of carbonyl (C=O) groups excluding carboxylic acids is 1. The summed E-state index contributed by atoms with van der Waals surface area (Å²) in [7, 11) is 0. The highest BCUT2D eigenvalue weighted by molar-refractivity contribution is 6.35. The van der Waals surface area contributed by atoms with Crippen molar-refractivity contribution in [3.05, 3.63) is 56.7 Å². The maximum Gasteiger partial charge on any atom is 0.367 e. The molecule has 3 rings (SSSR count). The molecule has 25 heavy (non-hydrogen) atoms. The van der Waals surface area contributed by atoms with Crippen LogP contribution in [0.3, 0.4) is 0 Å². The van der Waals surface area contributed by atoms with Crippen molar-refractivity contribution in [3.63, 3.8) is 0 Å². The van der Waals surface area contributed by atoms with Gasteiger partial charge in [0.25, 0.3) is 0 Å². The highest BCUT2D eigenvalue weighted by atomic mass is 35.5. The average molecular weight is 384 g/mol. The Balaban J connectivity index is 2.00. The maximum atomic E-state index is 14.6. The quantitative estimate of drug-likeness (QED) is 0.540. The van der Waals surface area contributed by atoms with Crippen LogP contribution in [0, 0.1) is 0 Å². The van der Waals surface area contributed by atoms with E-state index >= 15 is 0 Å². The minimum absolute atomic E-state index is 0.114. The number of allylic oxidation sites excluding steroid dienone is 1. The van der Waals surface area contributed by atoms with Crippen LogP contribution >= 0.6 is 23.2 Å². The van der Waals surface area contributed by atoms with Gasteiger partial charge in [-0.25, -0.2) is 4.79 Å². The van der Waals surface area contributed by atoms with E-state index in [1.807, 2.05) is 0 Å². The molecule has 0 N–H and O–H groups in total. The van der Waals surface area contributed by atoms with Crippen LogP contribution in [0.1, 0.15) is 42.3 Å². The summed E-state index contributed by atoms with van der Waals surface area (Å²) in [6.07, 6.45) is 2.12. The van der Waals surface area contributed by atoms with Crippen molar-refractivity contribution in [2.45, 2.75) is 32.6 Å². The molecule has 0 saturated heterocycles. The van der Waals surface area contributed by atoms with Gasteiger partial charge in [0.05, 0.1) is 12.3 Å². The third kappa shape index (κ3) is 3.72. The van der Waals surface area contributed by atoms with E-state index in [4.69, 9.17) is 32.5 Å². The van der Waals surface area contributed by atoms with E-state index in [-0.39, 0.29) is 6.61 Å². The highest BCUT2D eigenvalue weighted by Crippen LogP contribution is 2.37. The Bertz CT molecular complexity index is 845. The Labute approximate surface area is 154 Å². The minimum Gasteiger partial charge on any atom is -0.461 e. The predicted molar refractivity (Wildman–Crippen MR) is 93.4 cm³/mol. The molecule has 0 amide bonds. The number of rotatable bonds is 4. The lowest BCUT2D eigenvalue weighted by atomic mass is 9.89. The second kappa shape index (κ2) is 7.58. The SMILES string of the molecule is CCOC(=O)/C(F)=C1\CCCc2onc(Cc3ccc(Cl)cc3Cl)c21. The summed E-state index contributed by atoms with van der Waals surface area (Å²) < 4.78 is 24.7. The maximum absolute atomic E-state index is 14.6. The molecule has 1 heterocycles. The molecule has 0 fully saturated rings. The van der Waals surface area contributed by atoms with Gasteiger partial charge in [-0.15, -0.1) is 0 Å². The van der Waals surface area contributed by atoms with Gasteiger partial charge in [-0.3, -0.25) is 0 Å². The van der Waals surface area contributed by atoms with E-state index in [2.05, 4.69) is 5.16 Å². The predicted octanol–water partition coefficient (Wildman–Crippen LogP) is 5.15. The molecule has 0 spiro atoms. The number of benzene rings is 1. The van der Waals surface area contributed by atoms with E-state index < -0.39 is 11.8 Å². The number of aryl methyl sites for hydroxylation is 1. The Hall–Kier alpha value is -1.85. The van der Waals surface area contributed by atoms with Crippen LogP contribution in [0.25, 0.3) is 5.57 Å². The second-order valence-electron chi connectivity index (χ2n) is 5.71. The summed E-state index contributed by atoms with van der Waals surface area (Å²) in [5.74, 6) is -1.25. The smallest absolute Gasteiger partial charge is 0.367 e. The van der Waals surface area contributed by atoms with Crippen molar-refractivity contribution in [1.29, 1.82) is 0 Å². The molecule has 2 aromatic rings. The van der Waals surface area contributed by atoms with E-state index in [1.165, 1.54) is 0 Å². The fourth-order valence-electron chi connectivity index (χ4n) is 2.93. The van der Waals surface area contributed by atoms with Crippen LogP contribution in [-0.4, -0.2) is 17.7 Å². The normalized spacial score (nSPS) is 15.7. The van der Waals surface area contributed by atoms with Crippen LogP contribution in [0.4, 0.5) is 4.39 Å². The van der Waals surface area contributed by atoms with E-state index in [0.717, 1.165) is 5.56 Å². The summed E-state index contributed by atoms with van der Waals surface area (Å²) in [6, 6.07) is 5.16. The number of aromatic nitrogens is 1. The lowest BCUT2D eigenvalue weighted by molar-refractivity contribution is -0.140. The standard InChI is InChI=1S/C18H16Cl2FNO3/c1-2-24-18(23)17(21)12-4-3-5-15-16(12)14(22-25-15)8-10-6-7-11(19)9-13(10)20/h6-7,9H,2-5,8H2,1H3/b17-12-. The molecule has 0 bridgehead atoms. The first-order chi connectivity index (χ1) is 12.0. The van der Waals surface area contributed by atoms with Crippen LogP contribution < -0.4 is 0 Å². The van der Waals surface area contributed by atoms with Crippen molar-refractivity contribution in [1.82, 2.24) is 5.16 Å². The zero-order valence-electron chi connectivity index (χ0n) is 13.6. The van der Waals surface area contributed by atoms with Crippen molar-refractivity contribution in [2.75, 3.05) is 6.61 Å². The van der Waals surface area contributed by atoms with Crippen molar-refractivity contribution in [3.8, 4) is 0 Å². The van der Waals surface area contributed by atoms with Crippen molar-refractivity contribution in [2.24, 2.45) is 0 Å². The molecule has 4 nitrogen and oxygen atoms in total. The Kier molecular flexibility index (Phi) is 5.45. The molecule has 0 unspecified atom stereocenters. The van der Waals surface area contributed by atoms with Crippen molar-refractivity contribution >= 4 is 34.7 Å². The van der Waals surface area contributed by atoms with E-state index in [0.29, 0.717) is 58.3 Å². The molecule has 7 heteroatoms. The molecular formula is C18H16Cl2FNO3. The van der Waals surface area contributed by atoms with Gasteiger partial charge in [-0.05, 0) is 37.5 Å². The summed E-state index contributed by atoms with van der Waals surface area (Å²) in [4.78, 5) is 11.8. The molecule has 1 aliphatic carbocycles. The lowest BCUT2D eigenvalue weighted by Gasteiger charge is -2.15. The molecule has 1 aromatic heterocycles. The fourth-order valence-corrected chi connectivity index (χ4v) is 3.40. The molecule has 1 aliphatic rings. The molecule has 0 atom stereocenters. The van der Waals surface area contributed by atoms with Crippen LogP contribution in [-0.2, 0) is 22.4 Å². The summed E-state index contributed by atoms with van der Waals surface area (Å²) in [5.41, 5.74) is 2.20. The highest BCUT2D eigenvalue weighted by Gasteiger charge is 2.29. The number of carbonyl (C=O) groups is 1. The molecular weight excluding hydrogens is 368 g/mol. The van der Waals surface area contributed by atoms with Gasteiger partial charge < -0.3 is 9.26 Å². The molecule has 1 aromatic carbocycles. The zero-order chi connectivity index (χ0) is 18.0. The summed E-state index contributed by atoms with van der Waals surface area (Å²) >= 11 is 12.1. The Morgan fingerprint density at radius 1 is 1.36 bits per heavy atom. The molecule has 132 valence electrons.